The lowest BCUT2D eigenvalue weighted by Gasteiger charge is -3.09. The number of esters is 1. The molecule has 6 aliphatic carbocycles. The fraction of sp³-hybridized carbons (Fsp3) is 0.867. The van der Waals surface area contributed by atoms with Crippen LogP contribution in [0.4, 0.5) is 0 Å². The fourth-order valence-electron chi connectivity index (χ4n) is 6.75. The molecule has 0 saturated heterocycles. The summed E-state index contributed by atoms with van der Waals surface area (Å²) in [6, 6.07) is 0. The average Bonchev–Trinajstić information content (AvgIpc) is 2.37. The molecule has 0 aromatic heterocycles. The molecule has 0 spiro atoms. The van der Waals surface area contributed by atoms with Gasteiger partial charge in [-0.15, -0.1) is 0 Å². The monoisotopic (exact) mass is 261 g/mol. The molecule has 102 valence electrons. The Morgan fingerprint density at radius 3 is 1.84 bits per heavy atom. The molecule has 6 aliphatic rings. The SMILES string of the molecule is COC(=O)C12C3C4C1C1C2C3C41NC(=O)C(C)(C)C. The van der Waals surface area contributed by atoms with Crippen LogP contribution in [0.3, 0.4) is 0 Å². The average molecular weight is 261 g/mol. The van der Waals surface area contributed by atoms with Crippen LogP contribution in [0.25, 0.3) is 0 Å². The lowest BCUT2D eigenvalue weighted by molar-refractivity contribution is -0.609. The minimum atomic E-state index is -0.324. The first kappa shape index (κ1) is 10.7. The van der Waals surface area contributed by atoms with Gasteiger partial charge in [-0.1, -0.05) is 20.8 Å². The highest BCUT2D eigenvalue weighted by Gasteiger charge is 3.12. The molecular weight excluding hydrogens is 242 g/mol. The van der Waals surface area contributed by atoms with Gasteiger partial charge in [0.2, 0.25) is 5.91 Å². The summed E-state index contributed by atoms with van der Waals surface area (Å²) in [5.41, 5.74) is -0.321. The van der Waals surface area contributed by atoms with Crippen LogP contribution in [-0.4, -0.2) is 24.5 Å². The predicted octanol–water partition coefficient (Wildman–Crippen LogP) is 0.812. The smallest absolute Gasteiger partial charge is 0.312 e. The van der Waals surface area contributed by atoms with E-state index >= 15 is 0 Å². The third-order valence-electron chi connectivity index (χ3n) is 7.18. The lowest BCUT2D eigenvalue weighted by Crippen LogP contribution is -3.16. The maximum Gasteiger partial charge on any atom is 0.312 e. The standard InChI is InChI=1S/C15H19NO3/c1-13(2,3)11(17)16-15-8-5-9(15)7-10(15)6(8)14(5,7)12(18)19-4/h5-10H,1-4H3,(H,16,17). The van der Waals surface area contributed by atoms with Crippen LogP contribution in [0, 0.1) is 46.3 Å². The molecular formula is C15H19NO3. The first-order valence-corrected chi connectivity index (χ1v) is 7.25. The van der Waals surface area contributed by atoms with Crippen molar-refractivity contribution in [2.75, 3.05) is 7.11 Å². The first-order chi connectivity index (χ1) is 8.84. The van der Waals surface area contributed by atoms with Crippen LogP contribution in [0.2, 0.25) is 0 Å². The molecule has 4 nitrogen and oxygen atoms in total. The zero-order chi connectivity index (χ0) is 13.5. The normalized spacial score (nSPS) is 60.4. The highest BCUT2D eigenvalue weighted by molar-refractivity contribution is 5.91. The van der Waals surface area contributed by atoms with Crippen LogP contribution < -0.4 is 5.32 Å². The third kappa shape index (κ3) is 0.622. The van der Waals surface area contributed by atoms with E-state index in [2.05, 4.69) is 5.32 Å². The summed E-state index contributed by atoms with van der Waals surface area (Å²) in [7, 11) is 1.50. The second kappa shape index (κ2) is 2.33. The Labute approximate surface area is 112 Å². The molecule has 4 heteroatoms. The minimum absolute atomic E-state index is 0.0201. The Kier molecular flexibility index (Phi) is 1.31. The lowest BCUT2D eigenvalue weighted by atomic mass is 8.94. The maximum absolute atomic E-state index is 12.2. The number of hydrogen-bond donors (Lipinski definition) is 1. The van der Waals surface area contributed by atoms with Crippen LogP contribution >= 0.6 is 0 Å². The van der Waals surface area contributed by atoms with E-state index < -0.39 is 0 Å². The minimum Gasteiger partial charge on any atom is -0.469 e. The van der Waals surface area contributed by atoms with Gasteiger partial charge < -0.3 is 10.1 Å². The van der Waals surface area contributed by atoms with E-state index in [1.54, 1.807) is 0 Å². The summed E-state index contributed by atoms with van der Waals surface area (Å²) in [4.78, 5) is 24.2. The van der Waals surface area contributed by atoms with Crippen molar-refractivity contribution in [3.8, 4) is 0 Å². The topological polar surface area (TPSA) is 55.4 Å². The van der Waals surface area contributed by atoms with Crippen molar-refractivity contribution in [3.05, 3.63) is 0 Å². The molecule has 0 unspecified atom stereocenters. The zero-order valence-electron chi connectivity index (χ0n) is 11.7. The van der Waals surface area contributed by atoms with Gasteiger partial charge in [0.25, 0.3) is 0 Å². The van der Waals surface area contributed by atoms with E-state index in [-0.39, 0.29) is 28.2 Å². The molecule has 0 aliphatic heterocycles. The molecule has 6 rings (SSSR count). The summed E-state index contributed by atoms with van der Waals surface area (Å²) < 4.78 is 5.00. The van der Waals surface area contributed by atoms with Crippen LogP contribution in [-0.2, 0) is 14.3 Å². The highest BCUT2D eigenvalue weighted by atomic mass is 16.5. The van der Waals surface area contributed by atoms with Gasteiger partial charge in [-0.05, 0) is 35.5 Å². The number of hydrogen-bond acceptors (Lipinski definition) is 3. The van der Waals surface area contributed by atoms with Crippen LogP contribution in [0.1, 0.15) is 20.8 Å². The van der Waals surface area contributed by atoms with Crippen molar-refractivity contribution in [1.82, 2.24) is 5.32 Å². The van der Waals surface area contributed by atoms with Gasteiger partial charge in [-0.25, -0.2) is 0 Å². The van der Waals surface area contributed by atoms with E-state index in [1.807, 2.05) is 20.8 Å². The Bertz CT molecular complexity index is 505. The first-order valence-electron chi connectivity index (χ1n) is 7.25. The molecule has 6 saturated carbocycles. The Morgan fingerprint density at radius 1 is 1.00 bits per heavy atom. The molecule has 0 atom stereocenters. The number of ether oxygens (including phenoxy) is 1. The molecule has 0 heterocycles. The number of nitrogens with one attached hydrogen (secondary N) is 1. The predicted molar refractivity (Wildman–Crippen MR) is 65.7 cm³/mol. The summed E-state index contributed by atoms with van der Waals surface area (Å²) in [5, 5.41) is 3.33. The van der Waals surface area contributed by atoms with E-state index in [4.69, 9.17) is 4.74 Å². The maximum atomic E-state index is 12.2. The Morgan fingerprint density at radius 2 is 1.47 bits per heavy atom. The van der Waals surface area contributed by atoms with Gasteiger partial charge >= 0.3 is 5.97 Å². The zero-order valence-corrected chi connectivity index (χ0v) is 11.7. The molecule has 0 radical (unpaired) electrons. The molecule has 19 heavy (non-hydrogen) atoms. The summed E-state index contributed by atoms with van der Waals surface area (Å²) >= 11 is 0. The quantitative estimate of drug-likeness (QED) is 0.748. The molecule has 0 bridgehead atoms. The third-order valence-corrected chi connectivity index (χ3v) is 7.18. The van der Waals surface area contributed by atoms with Gasteiger partial charge in [0, 0.05) is 5.41 Å². The Balaban J connectivity index is 1.40. The summed E-state index contributed by atoms with van der Waals surface area (Å²) in [6.07, 6.45) is 0. The van der Waals surface area contributed by atoms with Crippen molar-refractivity contribution in [1.29, 1.82) is 0 Å². The molecule has 1 N–H and O–H groups in total. The van der Waals surface area contributed by atoms with Gasteiger partial charge in [0.15, 0.2) is 0 Å². The van der Waals surface area contributed by atoms with Gasteiger partial charge in [0.1, 0.15) is 0 Å². The molecule has 6 fully saturated rings. The number of carbonyl (C=O) groups excluding carboxylic acids is 2. The number of carbonyl (C=O) groups is 2. The molecule has 1 amide bonds. The number of amides is 1. The van der Waals surface area contributed by atoms with Gasteiger partial charge in [-0.3, -0.25) is 9.59 Å². The second-order valence-electron chi connectivity index (χ2n) is 8.22. The summed E-state index contributed by atoms with van der Waals surface area (Å²) in [6.45, 7) is 5.87. The van der Waals surface area contributed by atoms with Crippen molar-refractivity contribution in [2.45, 2.75) is 26.3 Å². The number of methoxy groups -OCH3 is 1. The van der Waals surface area contributed by atoms with E-state index in [0.717, 1.165) is 0 Å². The van der Waals surface area contributed by atoms with E-state index in [1.165, 1.54) is 7.11 Å². The largest absolute Gasteiger partial charge is 0.469 e. The van der Waals surface area contributed by atoms with Crippen molar-refractivity contribution in [2.24, 2.45) is 46.3 Å². The number of rotatable bonds is 2. The van der Waals surface area contributed by atoms with Crippen LogP contribution in [0.5, 0.6) is 0 Å². The van der Waals surface area contributed by atoms with Crippen molar-refractivity contribution in [3.63, 3.8) is 0 Å². The van der Waals surface area contributed by atoms with Gasteiger partial charge in [-0.2, -0.15) is 0 Å². The second-order valence-corrected chi connectivity index (χ2v) is 8.22. The Hall–Kier alpha value is -1.06. The van der Waals surface area contributed by atoms with Crippen molar-refractivity contribution >= 4 is 11.9 Å². The van der Waals surface area contributed by atoms with Crippen molar-refractivity contribution < 1.29 is 14.3 Å². The molecule has 0 aromatic carbocycles. The van der Waals surface area contributed by atoms with Crippen LogP contribution in [0.15, 0.2) is 0 Å². The van der Waals surface area contributed by atoms with E-state index in [0.29, 0.717) is 35.5 Å². The van der Waals surface area contributed by atoms with Gasteiger partial charge in [0.05, 0.1) is 18.1 Å². The molecule has 0 aromatic rings. The van der Waals surface area contributed by atoms with E-state index in [9.17, 15) is 9.59 Å². The summed E-state index contributed by atoms with van der Waals surface area (Å²) in [5.74, 6) is 3.51. The fourth-order valence-corrected chi connectivity index (χ4v) is 6.75. The highest BCUT2D eigenvalue weighted by Crippen LogP contribution is 3.07.